The molecule has 2 nitrogen and oxygen atoms in total. The molecule has 0 radical (unpaired) electrons. The maximum absolute atomic E-state index is 5.49. The van der Waals surface area contributed by atoms with E-state index in [0.717, 1.165) is 28.0 Å². The summed E-state index contributed by atoms with van der Waals surface area (Å²) >= 11 is 7.26. The van der Waals surface area contributed by atoms with Gasteiger partial charge in [-0.05, 0) is 47.0 Å². The molecule has 4 heteroatoms. The molecule has 0 aromatic heterocycles. The highest BCUT2D eigenvalue weighted by Crippen LogP contribution is 2.40. The first-order valence-electron chi connectivity index (χ1n) is 6.66. The first kappa shape index (κ1) is 16.4. The maximum Gasteiger partial charge on any atom is 0.133 e. The summed E-state index contributed by atoms with van der Waals surface area (Å²) in [4.78, 5) is 0.163. The smallest absolute Gasteiger partial charge is 0.133 e. The molecule has 2 aromatic carbocycles. The zero-order valence-electron chi connectivity index (χ0n) is 12.3. The lowest BCUT2D eigenvalue weighted by Gasteiger charge is -2.17. The predicted octanol–water partition coefficient (Wildman–Crippen LogP) is 5.45. The zero-order valence-corrected chi connectivity index (χ0v) is 15.5. The second kappa shape index (κ2) is 7.32. The number of halogens is 2. The van der Waals surface area contributed by atoms with Crippen molar-refractivity contribution in [1.29, 1.82) is 0 Å². The Morgan fingerprint density at radius 1 is 1.05 bits per heavy atom. The first-order chi connectivity index (χ1) is 10.0. The van der Waals surface area contributed by atoms with E-state index in [0.29, 0.717) is 0 Å². The highest BCUT2D eigenvalue weighted by molar-refractivity contribution is 9.10. The highest BCUT2D eigenvalue weighted by atomic mass is 79.9. The molecule has 0 amide bonds. The number of alkyl halides is 1. The van der Waals surface area contributed by atoms with Crippen LogP contribution in [0.4, 0.5) is 0 Å². The minimum absolute atomic E-state index is 0.163. The van der Waals surface area contributed by atoms with Gasteiger partial charge in [-0.3, -0.25) is 0 Å². The first-order valence-corrected chi connectivity index (χ1v) is 8.37. The lowest BCUT2D eigenvalue weighted by atomic mass is 10.0. The standard InChI is InChI=1S/C17H18Br2O2/c1-11-5-4-6-12(7-11)8-14(18)13-9-17(21-3)15(19)10-16(13)20-2/h4-7,9-10,14H,8H2,1-3H3. The van der Waals surface area contributed by atoms with E-state index in [1.165, 1.54) is 11.1 Å². The minimum Gasteiger partial charge on any atom is -0.496 e. The van der Waals surface area contributed by atoms with Crippen LogP contribution in [0.3, 0.4) is 0 Å². The fourth-order valence-electron chi connectivity index (χ4n) is 2.28. The Bertz CT molecular complexity index is 626. The van der Waals surface area contributed by atoms with Gasteiger partial charge in [0.2, 0.25) is 0 Å². The van der Waals surface area contributed by atoms with E-state index < -0.39 is 0 Å². The van der Waals surface area contributed by atoms with Gasteiger partial charge in [-0.25, -0.2) is 0 Å². The minimum atomic E-state index is 0.163. The molecule has 0 spiro atoms. The van der Waals surface area contributed by atoms with Gasteiger partial charge in [-0.1, -0.05) is 45.8 Å². The second-order valence-corrected chi connectivity index (χ2v) is 6.85. The second-order valence-electron chi connectivity index (χ2n) is 4.89. The molecule has 1 unspecified atom stereocenters. The van der Waals surface area contributed by atoms with Gasteiger partial charge in [0.1, 0.15) is 11.5 Å². The summed E-state index contributed by atoms with van der Waals surface area (Å²) in [5.41, 5.74) is 3.65. The Hall–Kier alpha value is -1.00. The Morgan fingerprint density at radius 2 is 1.76 bits per heavy atom. The Kier molecular flexibility index (Phi) is 5.71. The topological polar surface area (TPSA) is 18.5 Å². The summed E-state index contributed by atoms with van der Waals surface area (Å²) in [6.07, 6.45) is 0.892. The predicted molar refractivity (Wildman–Crippen MR) is 93.8 cm³/mol. The molecule has 0 heterocycles. The van der Waals surface area contributed by atoms with Gasteiger partial charge in [0, 0.05) is 10.4 Å². The van der Waals surface area contributed by atoms with Crippen molar-refractivity contribution in [1.82, 2.24) is 0 Å². The van der Waals surface area contributed by atoms with Crippen LogP contribution in [0.2, 0.25) is 0 Å². The Labute approximate surface area is 142 Å². The van der Waals surface area contributed by atoms with Crippen LogP contribution in [0.5, 0.6) is 11.5 Å². The van der Waals surface area contributed by atoms with Gasteiger partial charge < -0.3 is 9.47 Å². The van der Waals surface area contributed by atoms with E-state index in [2.05, 4.69) is 63.0 Å². The average molecular weight is 414 g/mol. The number of benzene rings is 2. The van der Waals surface area contributed by atoms with Crippen LogP contribution < -0.4 is 9.47 Å². The van der Waals surface area contributed by atoms with E-state index in [-0.39, 0.29) is 4.83 Å². The molecular weight excluding hydrogens is 396 g/mol. The van der Waals surface area contributed by atoms with Crippen LogP contribution in [-0.4, -0.2) is 14.2 Å². The number of hydrogen-bond donors (Lipinski definition) is 0. The van der Waals surface area contributed by atoms with Crippen molar-refractivity contribution in [3.8, 4) is 11.5 Å². The normalized spacial score (nSPS) is 12.0. The summed E-state index contributed by atoms with van der Waals surface area (Å²) in [7, 11) is 3.35. The lowest BCUT2D eigenvalue weighted by Crippen LogP contribution is -2.00. The SMILES string of the molecule is COc1cc(C(Br)Cc2cccc(C)c2)c(OC)cc1Br. The zero-order chi connectivity index (χ0) is 15.4. The third-order valence-electron chi connectivity index (χ3n) is 3.34. The lowest BCUT2D eigenvalue weighted by molar-refractivity contribution is 0.396. The molecule has 112 valence electrons. The van der Waals surface area contributed by atoms with Gasteiger partial charge in [-0.2, -0.15) is 0 Å². The molecule has 21 heavy (non-hydrogen) atoms. The summed E-state index contributed by atoms with van der Waals surface area (Å²) in [6, 6.07) is 12.5. The number of hydrogen-bond acceptors (Lipinski definition) is 2. The van der Waals surface area contributed by atoms with E-state index >= 15 is 0 Å². The third kappa shape index (κ3) is 4.01. The summed E-state index contributed by atoms with van der Waals surface area (Å²) < 4.78 is 11.8. The molecule has 2 aromatic rings. The van der Waals surface area contributed by atoms with E-state index in [4.69, 9.17) is 9.47 Å². The number of rotatable bonds is 5. The van der Waals surface area contributed by atoms with Crippen LogP contribution >= 0.6 is 31.9 Å². The van der Waals surface area contributed by atoms with E-state index in [1.54, 1.807) is 14.2 Å². The van der Waals surface area contributed by atoms with Gasteiger partial charge in [-0.15, -0.1) is 0 Å². The highest BCUT2D eigenvalue weighted by Gasteiger charge is 2.17. The molecule has 2 rings (SSSR count). The van der Waals surface area contributed by atoms with E-state index in [1.807, 2.05) is 12.1 Å². The number of aryl methyl sites for hydroxylation is 1. The van der Waals surface area contributed by atoms with Gasteiger partial charge >= 0.3 is 0 Å². The molecule has 0 saturated carbocycles. The van der Waals surface area contributed by atoms with Gasteiger partial charge in [0.05, 0.1) is 18.7 Å². The molecule has 0 aliphatic rings. The van der Waals surface area contributed by atoms with Crippen molar-refractivity contribution in [3.63, 3.8) is 0 Å². The molecule has 0 bridgehead atoms. The van der Waals surface area contributed by atoms with Crippen molar-refractivity contribution in [2.24, 2.45) is 0 Å². The van der Waals surface area contributed by atoms with Gasteiger partial charge in [0.15, 0.2) is 0 Å². The third-order valence-corrected chi connectivity index (χ3v) is 4.78. The molecule has 0 fully saturated rings. The molecular formula is C17H18Br2O2. The van der Waals surface area contributed by atoms with Crippen LogP contribution in [-0.2, 0) is 6.42 Å². The van der Waals surface area contributed by atoms with Crippen molar-refractivity contribution < 1.29 is 9.47 Å². The van der Waals surface area contributed by atoms with Crippen molar-refractivity contribution in [2.75, 3.05) is 14.2 Å². The largest absolute Gasteiger partial charge is 0.496 e. The average Bonchev–Trinajstić information content (AvgIpc) is 2.46. The van der Waals surface area contributed by atoms with Crippen LogP contribution in [0.1, 0.15) is 21.5 Å². The monoisotopic (exact) mass is 412 g/mol. The summed E-state index contributed by atoms with van der Waals surface area (Å²) in [5, 5.41) is 0. The number of methoxy groups -OCH3 is 2. The Balaban J connectivity index is 2.31. The maximum atomic E-state index is 5.49. The summed E-state index contributed by atoms with van der Waals surface area (Å²) in [5.74, 6) is 1.65. The summed E-state index contributed by atoms with van der Waals surface area (Å²) in [6.45, 7) is 2.11. The van der Waals surface area contributed by atoms with Crippen LogP contribution in [0, 0.1) is 6.92 Å². The van der Waals surface area contributed by atoms with Crippen LogP contribution in [0.25, 0.3) is 0 Å². The fourth-order valence-corrected chi connectivity index (χ4v) is 3.50. The molecule has 0 aliphatic heterocycles. The Morgan fingerprint density at radius 3 is 2.38 bits per heavy atom. The number of ether oxygens (including phenoxy) is 2. The molecule has 0 aliphatic carbocycles. The van der Waals surface area contributed by atoms with Crippen LogP contribution in [0.15, 0.2) is 40.9 Å². The molecule has 0 saturated heterocycles. The van der Waals surface area contributed by atoms with Crippen molar-refractivity contribution in [2.45, 2.75) is 18.2 Å². The van der Waals surface area contributed by atoms with Gasteiger partial charge in [0.25, 0.3) is 0 Å². The molecule has 0 N–H and O–H groups in total. The molecule has 1 atom stereocenters. The van der Waals surface area contributed by atoms with Crippen molar-refractivity contribution >= 4 is 31.9 Å². The van der Waals surface area contributed by atoms with E-state index in [9.17, 15) is 0 Å². The quantitative estimate of drug-likeness (QED) is 0.606. The van der Waals surface area contributed by atoms with Crippen molar-refractivity contribution in [3.05, 3.63) is 57.6 Å². The fraction of sp³-hybridized carbons (Fsp3) is 0.294.